The Morgan fingerprint density at radius 3 is 3.00 bits per heavy atom. The van der Waals surface area contributed by atoms with Crippen molar-refractivity contribution in [2.75, 3.05) is 20.2 Å². The van der Waals surface area contributed by atoms with Gasteiger partial charge >= 0.3 is 0 Å². The summed E-state index contributed by atoms with van der Waals surface area (Å²) in [6.45, 7) is 2.31. The van der Waals surface area contributed by atoms with Crippen LogP contribution in [0.1, 0.15) is 17.8 Å². The molecule has 3 nitrogen and oxygen atoms in total. The van der Waals surface area contributed by atoms with Gasteiger partial charge in [0, 0.05) is 6.42 Å². The summed E-state index contributed by atoms with van der Waals surface area (Å²) in [5.41, 5.74) is 1.10. The lowest BCUT2D eigenvalue weighted by molar-refractivity contribution is 0.372. The number of rotatable bonds is 3. The van der Waals surface area contributed by atoms with Crippen LogP contribution in [0.2, 0.25) is 0 Å². The molecule has 1 saturated heterocycles. The first-order chi connectivity index (χ1) is 8.85. The number of ether oxygens (including phenoxy) is 1. The van der Waals surface area contributed by atoms with Crippen LogP contribution in [-0.4, -0.2) is 25.2 Å². The van der Waals surface area contributed by atoms with Crippen molar-refractivity contribution in [2.45, 2.75) is 19.3 Å². The van der Waals surface area contributed by atoms with E-state index in [1.54, 1.807) is 7.11 Å². The lowest BCUT2D eigenvalue weighted by atomic mass is 9.95. The Kier molecular flexibility index (Phi) is 3.48. The minimum Gasteiger partial charge on any atom is -0.497 e. The summed E-state index contributed by atoms with van der Waals surface area (Å²) in [5, 5.41) is 4.68. The number of piperidine rings is 1. The molecule has 2 heterocycles. The van der Waals surface area contributed by atoms with Crippen molar-refractivity contribution in [3.8, 4) is 5.75 Å². The molecule has 1 aromatic carbocycles. The van der Waals surface area contributed by atoms with Gasteiger partial charge in [-0.1, -0.05) is 0 Å². The number of fused-ring (bicyclic) bond motifs is 1. The molecule has 1 aliphatic rings. The maximum Gasteiger partial charge on any atom is 0.120 e. The van der Waals surface area contributed by atoms with Gasteiger partial charge in [-0.2, -0.15) is 0 Å². The van der Waals surface area contributed by atoms with E-state index in [4.69, 9.17) is 9.72 Å². The molecule has 1 aliphatic heterocycles. The number of nitrogens with zero attached hydrogens (tertiary/aromatic N) is 1. The molecule has 0 saturated carbocycles. The number of thiazole rings is 1. The summed E-state index contributed by atoms with van der Waals surface area (Å²) in [4.78, 5) is 4.72. The second kappa shape index (κ2) is 5.24. The highest BCUT2D eigenvalue weighted by atomic mass is 32.1. The van der Waals surface area contributed by atoms with Crippen LogP contribution in [0.25, 0.3) is 10.2 Å². The average Bonchev–Trinajstić information content (AvgIpc) is 2.80. The Hall–Kier alpha value is -1.13. The van der Waals surface area contributed by atoms with Crippen LogP contribution in [0.5, 0.6) is 5.75 Å². The van der Waals surface area contributed by atoms with Crippen LogP contribution in [0.15, 0.2) is 18.2 Å². The number of hydrogen-bond donors (Lipinski definition) is 1. The van der Waals surface area contributed by atoms with Crippen molar-refractivity contribution in [1.82, 2.24) is 10.3 Å². The quantitative estimate of drug-likeness (QED) is 0.923. The van der Waals surface area contributed by atoms with Gasteiger partial charge in [-0.05, 0) is 50.0 Å². The predicted molar refractivity (Wildman–Crippen MR) is 75.5 cm³/mol. The normalized spacial score (nSPS) is 17.2. The molecule has 18 heavy (non-hydrogen) atoms. The Balaban J connectivity index is 1.79. The first-order valence-corrected chi connectivity index (χ1v) is 7.31. The van der Waals surface area contributed by atoms with Gasteiger partial charge in [-0.3, -0.25) is 0 Å². The van der Waals surface area contributed by atoms with Gasteiger partial charge in [0.2, 0.25) is 0 Å². The highest BCUT2D eigenvalue weighted by Gasteiger charge is 2.15. The highest BCUT2D eigenvalue weighted by Crippen LogP contribution is 2.28. The maximum absolute atomic E-state index is 5.25. The summed E-state index contributed by atoms with van der Waals surface area (Å²) < 4.78 is 6.49. The monoisotopic (exact) mass is 262 g/mol. The van der Waals surface area contributed by atoms with Gasteiger partial charge in [0.15, 0.2) is 0 Å². The molecule has 3 rings (SSSR count). The van der Waals surface area contributed by atoms with E-state index in [0.717, 1.165) is 36.7 Å². The molecule has 1 fully saturated rings. The smallest absolute Gasteiger partial charge is 0.120 e. The largest absolute Gasteiger partial charge is 0.497 e. The predicted octanol–water partition coefficient (Wildman–Crippen LogP) is 2.85. The minimum absolute atomic E-state index is 0.800. The molecule has 96 valence electrons. The van der Waals surface area contributed by atoms with Crippen LogP contribution in [0.4, 0.5) is 0 Å². The summed E-state index contributed by atoms with van der Waals surface area (Å²) in [5.74, 6) is 1.72. The molecular weight excluding hydrogens is 244 g/mol. The van der Waals surface area contributed by atoms with E-state index in [1.165, 1.54) is 22.5 Å². The average molecular weight is 262 g/mol. The molecule has 2 aromatic rings. The van der Waals surface area contributed by atoms with Crippen LogP contribution < -0.4 is 10.1 Å². The van der Waals surface area contributed by atoms with E-state index in [9.17, 15) is 0 Å². The Morgan fingerprint density at radius 2 is 2.22 bits per heavy atom. The summed E-state index contributed by atoms with van der Waals surface area (Å²) in [6, 6.07) is 6.12. The molecule has 0 aliphatic carbocycles. The fraction of sp³-hybridized carbons (Fsp3) is 0.500. The third kappa shape index (κ3) is 2.49. The van der Waals surface area contributed by atoms with E-state index in [-0.39, 0.29) is 0 Å². The van der Waals surface area contributed by atoms with Gasteiger partial charge < -0.3 is 10.1 Å². The lowest BCUT2D eigenvalue weighted by Crippen LogP contribution is -2.28. The highest BCUT2D eigenvalue weighted by molar-refractivity contribution is 7.18. The molecule has 0 radical (unpaired) electrons. The van der Waals surface area contributed by atoms with Gasteiger partial charge in [0.1, 0.15) is 5.75 Å². The van der Waals surface area contributed by atoms with Crippen molar-refractivity contribution in [1.29, 1.82) is 0 Å². The van der Waals surface area contributed by atoms with Crippen molar-refractivity contribution in [3.05, 3.63) is 23.2 Å². The van der Waals surface area contributed by atoms with E-state index >= 15 is 0 Å². The van der Waals surface area contributed by atoms with E-state index in [2.05, 4.69) is 17.4 Å². The van der Waals surface area contributed by atoms with Crippen LogP contribution >= 0.6 is 11.3 Å². The molecule has 4 heteroatoms. The van der Waals surface area contributed by atoms with E-state index < -0.39 is 0 Å². The number of aromatic nitrogens is 1. The van der Waals surface area contributed by atoms with Crippen LogP contribution in [0.3, 0.4) is 0 Å². The molecule has 0 unspecified atom stereocenters. The number of hydrogen-bond acceptors (Lipinski definition) is 4. The maximum atomic E-state index is 5.25. The molecule has 1 aromatic heterocycles. The standard InChI is InChI=1S/C14H18N2OS/c1-17-11-2-3-12-13(9-11)18-14(16-12)8-10-4-6-15-7-5-10/h2-3,9-10,15H,4-8H2,1H3. The van der Waals surface area contributed by atoms with Crippen molar-refractivity contribution in [3.63, 3.8) is 0 Å². The van der Waals surface area contributed by atoms with Crippen molar-refractivity contribution in [2.24, 2.45) is 5.92 Å². The lowest BCUT2D eigenvalue weighted by Gasteiger charge is -2.21. The Labute approximate surface area is 111 Å². The topological polar surface area (TPSA) is 34.1 Å². The molecule has 0 bridgehead atoms. The number of benzene rings is 1. The second-order valence-electron chi connectivity index (χ2n) is 4.84. The summed E-state index contributed by atoms with van der Waals surface area (Å²) in [7, 11) is 1.71. The van der Waals surface area contributed by atoms with Gasteiger partial charge in [0.05, 0.1) is 22.3 Å². The van der Waals surface area contributed by atoms with E-state index in [1.807, 2.05) is 17.4 Å². The first-order valence-electron chi connectivity index (χ1n) is 6.49. The second-order valence-corrected chi connectivity index (χ2v) is 5.95. The van der Waals surface area contributed by atoms with Gasteiger partial charge in [-0.25, -0.2) is 4.98 Å². The Morgan fingerprint density at radius 1 is 1.39 bits per heavy atom. The van der Waals surface area contributed by atoms with Crippen LogP contribution in [-0.2, 0) is 6.42 Å². The number of nitrogens with one attached hydrogen (secondary N) is 1. The van der Waals surface area contributed by atoms with Crippen molar-refractivity contribution < 1.29 is 4.74 Å². The fourth-order valence-electron chi connectivity index (χ4n) is 2.50. The molecule has 0 atom stereocenters. The van der Waals surface area contributed by atoms with Crippen molar-refractivity contribution >= 4 is 21.6 Å². The first kappa shape index (κ1) is 11.9. The van der Waals surface area contributed by atoms with Gasteiger partial charge in [0.25, 0.3) is 0 Å². The van der Waals surface area contributed by atoms with Gasteiger partial charge in [-0.15, -0.1) is 11.3 Å². The third-order valence-electron chi connectivity index (χ3n) is 3.56. The zero-order chi connectivity index (χ0) is 12.4. The third-order valence-corrected chi connectivity index (χ3v) is 4.60. The fourth-order valence-corrected chi connectivity index (χ4v) is 3.61. The number of methoxy groups -OCH3 is 1. The minimum atomic E-state index is 0.800. The molecule has 0 spiro atoms. The zero-order valence-electron chi connectivity index (χ0n) is 10.6. The summed E-state index contributed by atoms with van der Waals surface area (Å²) >= 11 is 1.81. The zero-order valence-corrected chi connectivity index (χ0v) is 11.4. The molecule has 0 amide bonds. The Bertz CT molecular complexity index is 532. The SMILES string of the molecule is COc1ccc2nc(CC3CCNCC3)sc2c1. The molecule has 1 N–H and O–H groups in total. The summed E-state index contributed by atoms with van der Waals surface area (Å²) in [6.07, 6.45) is 3.68. The van der Waals surface area contributed by atoms with Crippen LogP contribution in [0, 0.1) is 5.92 Å². The molecular formula is C14H18N2OS. The van der Waals surface area contributed by atoms with E-state index in [0.29, 0.717) is 0 Å².